The van der Waals surface area contributed by atoms with E-state index in [4.69, 9.17) is 5.73 Å². The maximum Gasteiger partial charge on any atom is 0.0312 e. The van der Waals surface area contributed by atoms with E-state index in [0.29, 0.717) is 0 Å². The Morgan fingerprint density at radius 1 is 1.11 bits per heavy atom. The fourth-order valence-corrected chi connectivity index (χ4v) is 2.25. The molecule has 2 rings (SSSR count). The Bertz CT molecular complexity index is 424. The second kappa shape index (κ2) is 7.02. The standard InChI is InChI=1S/C16H21N3/c1-19(12-15-8-5-9-18-11-15)13-16(17)10-14-6-3-2-4-7-14/h2-9,11,16H,10,12-13,17H2,1H3. The molecule has 3 nitrogen and oxygen atoms in total. The second-order valence-corrected chi connectivity index (χ2v) is 5.01. The highest BCUT2D eigenvalue weighted by Crippen LogP contribution is 2.05. The molecule has 19 heavy (non-hydrogen) atoms. The molecule has 1 heterocycles. The van der Waals surface area contributed by atoms with Crippen LogP contribution in [0.25, 0.3) is 0 Å². The van der Waals surface area contributed by atoms with E-state index in [2.05, 4.69) is 47.3 Å². The van der Waals surface area contributed by atoms with Crippen molar-refractivity contribution in [2.75, 3.05) is 13.6 Å². The van der Waals surface area contributed by atoms with Crippen molar-refractivity contribution in [2.24, 2.45) is 5.73 Å². The van der Waals surface area contributed by atoms with Gasteiger partial charge in [-0.25, -0.2) is 0 Å². The summed E-state index contributed by atoms with van der Waals surface area (Å²) in [5, 5.41) is 0. The molecule has 0 aliphatic heterocycles. The van der Waals surface area contributed by atoms with E-state index in [0.717, 1.165) is 19.5 Å². The van der Waals surface area contributed by atoms with Crippen LogP contribution in [-0.2, 0) is 13.0 Å². The number of likely N-dealkylation sites (N-methyl/N-ethyl adjacent to an activating group) is 1. The van der Waals surface area contributed by atoms with Crippen molar-refractivity contribution >= 4 is 0 Å². The highest BCUT2D eigenvalue weighted by molar-refractivity contribution is 5.16. The molecule has 0 saturated heterocycles. The Kier molecular flexibility index (Phi) is 5.07. The van der Waals surface area contributed by atoms with E-state index in [9.17, 15) is 0 Å². The van der Waals surface area contributed by atoms with Gasteiger partial charge < -0.3 is 10.6 Å². The van der Waals surface area contributed by atoms with Gasteiger partial charge in [0, 0.05) is 31.5 Å². The van der Waals surface area contributed by atoms with E-state index in [-0.39, 0.29) is 6.04 Å². The van der Waals surface area contributed by atoms with Gasteiger partial charge in [0.1, 0.15) is 0 Å². The second-order valence-electron chi connectivity index (χ2n) is 5.01. The summed E-state index contributed by atoms with van der Waals surface area (Å²) in [6.07, 6.45) is 4.61. The Morgan fingerprint density at radius 3 is 2.53 bits per heavy atom. The molecular weight excluding hydrogens is 234 g/mol. The molecule has 0 radical (unpaired) electrons. The van der Waals surface area contributed by atoms with Crippen LogP contribution in [0, 0.1) is 0 Å². The van der Waals surface area contributed by atoms with E-state index >= 15 is 0 Å². The van der Waals surface area contributed by atoms with Gasteiger partial charge in [-0.05, 0) is 30.7 Å². The fourth-order valence-electron chi connectivity index (χ4n) is 2.25. The van der Waals surface area contributed by atoms with Crippen molar-refractivity contribution in [3.05, 3.63) is 66.0 Å². The molecule has 0 saturated carbocycles. The van der Waals surface area contributed by atoms with E-state index in [1.54, 1.807) is 6.20 Å². The number of rotatable bonds is 6. The van der Waals surface area contributed by atoms with Crippen LogP contribution in [0.2, 0.25) is 0 Å². The van der Waals surface area contributed by atoms with Crippen molar-refractivity contribution in [2.45, 2.75) is 19.0 Å². The Hall–Kier alpha value is -1.71. The van der Waals surface area contributed by atoms with Gasteiger partial charge in [-0.15, -0.1) is 0 Å². The molecule has 2 aromatic rings. The number of pyridine rings is 1. The molecule has 100 valence electrons. The molecule has 0 aliphatic carbocycles. The highest BCUT2D eigenvalue weighted by atomic mass is 15.1. The molecule has 0 amide bonds. The van der Waals surface area contributed by atoms with Gasteiger partial charge in [0.2, 0.25) is 0 Å². The molecule has 0 fully saturated rings. The maximum atomic E-state index is 6.20. The third-order valence-corrected chi connectivity index (χ3v) is 3.06. The summed E-state index contributed by atoms with van der Waals surface area (Å²) in [5.74, 6) is 0. The summed E-state index contributed by atoms with van der Waals surface area (Å²) in [5.41, 5.74) is 8.72. The van der Waals surface area contributed by atoms with Crippen LogP contribution < -0.4 is 5.73 Å². The molecule has 1 atom stereocenters. The minimum atomic E-state index is 0.157. The summed E-state index contributed by atoms with van der Waals surface area (Å²) in [7, 11) is 2.10. The fraction of sp³-hybridized carbons (Fsp3) is 0.312. The van der Waals surface area contributed by atoms with Gasteiger partial charge in [0.05, 0.1) is 0 Å². The zero-order valence-electron chi connectivity index (χ0n) is 11.4. The smallest absolute Gasteiger partial charge is 0.0312 e. The largest absolute Gasteiger partial charge is 0.326 e. The average molecular weight is 255 g/mol. The number of hydrogen-bond donors (Lipinski definition) is 1. The number of nitrogens with zero attached hydrogens (tertiary/aromatic N) is 2. The first-order chi connectivity index (χ1) is 9.24. The highest BCUT2D eigenvalue weighted by Gasteiger charge is 2.08. The molecule has 0 bridgehead atoms. The normalized spacial score (nSPS) is 12.6. The van der Waals surface area contributed by atoms with Gasteiger partial charge in [0.25, 0.3) is 0 Å². The van der Waals surface area contributed by atoms with Crippen LogP contribution in [0.15, 0.2) is 54.9 Å². The predicted octanol–water partition coefficient (Wildman–Crippen LogP) is 2.08. The zero-order chi connectivity index (χ0) is 13.5. The molecule has 1 aromatic carbocycles. The van der Waals surface area contributed by atoms with Crippen LogP contribution in [0.3, 0.4) is 0 Å². The van der Waals surface area contributed by atoms with Crippen molar-refractivity contribution < 1.29 is 0 Å². The zero-order valence-corrected chi connectivity index (χ0v) is 11.4. The molecule has 3 heteroatoms. The Balaban J connectivity index is 1.80. The van der Waals surface area contributed by atoms with Gasteiger partial charge in [0.15, 0.2) is 0 Å². The predicted molar refractivity (Wildman–Crippen MR) is 78.7 cm³/mol. The van der Waals surface area contributed by atoms with Crippen LogP contribution in [0.4, 0.5) is 0 Å². The quantitative estimate of drug-likeness (QED) is 0.859. The number of nitrogens with two attached hydrogens (primary N) is 1. The minimum absolute atomic E-state index is 0.157. The topological polar surface area (TPSA) is 42.2 Å². The van der Waals surface area contributed by atoms with Gasteiger partial charge in [-0.1, -0.05) is 36.4 Å². The van der Waals surface area contributed by atoms with Crippen molar-refractivity contribution in [1.82, 2.24) is 9.88 Å². The third kappa shape index (κ3) is 4.81. The van der Waals surface area contributed by atoms with E-state index in [1.165, 1.54) is 11.1 Å². The molecular formula is C16H21N3. The summed E-state index contributed by atoms with van der Waals surface area (Å²) >= 11 is 0. The molecule has 0 spiro atoms. The lowest BCUT2D eigenvalue weighted by Crippen LogP contribution is -2.36. The molecule has 1 unspecified atom stereocenters. The first-order valence-electron chi connectivity index (χ1n) is 6.61. The van der Waals surface area contributed by atoms with E-state index in [1.807, 2.05) is 18.3 Å². The maximum absolute atomic E-state index is 6.20. The number of hydrogen-bond acceptors (Lipinski definition) is 3. The SMILES string of the molecule is CN(Cc1cccnc1)CC(N)Cc1ccccc1. The van der Waals surface area contributed by atoms with Crippen molar-refractivity contribution in [1.29, 1.82) is 0 Å². The lowest BCUT2D eigenvalue weighted by molar-refractivity contribution is 0.302. The van der Waals surface area contributed by atoms with Gasteiger partial charge in [-0.3, -0.25) is 4.98 Å². The van der Waals surface area contributed by atoms with Crippen LogP contribution in [-0.4, -0.2) is 29.5 Å². The summed E-state index contributed by atoms with van der Waals surface area (Å²) in [6, 6.07) is 14.6. The van der Waals surface area contributed by atoms with E-state index < -0.39 is 0 Å². The summed E-state index contributed by atoms with van der Waals surface area (Å²) in [4.78, 5) is 6.37. The summed E-state index contributed by atoms with van der Waals surface area (Å²) in [6.45, 7) is 1.76. The minimum Gasteiger partial charge on any atom is -0.326 e. The average Bonchev–Trinajstić information content (AvgIpc) is 2.40. The monoisotopic (exact) mass is 255 g/mol. The lowest BCUT2D eigenvalue weighted by atomic mass is 10.1. The molecule has 0 aliphatic rings. The lowest BCUT2D eigenvalue weighted by Gasteiger charge is -2.21. The van der Waals surface area contributed by atoms with Gasteiger partial charge in [-0.2, -0.15) is 0 Å². The third-order valence-electron chi connectivity index (χ3n) is 3.06. The molecule has 2 N–H and O–H groups in total. The van der Waals surface area contributed by atoms with Crippen LogP contribution >= 0.6 is 0 Å². The van der Waals surface area contributed by atoms with Crippen molar-refractivity contribution in [3.8, 4) is 0 Å². The van der Waals surface area contributed by atoms with Crippen LogP contribution in [0.5, 0.6) is 0 Å². The Labute approximate surface area is 115 Å². The Morgan fingerprint density at radius 2 is 1.84 bits per heavy atom. The van der Waals surface area contributed by atoms with Crippen LogP contribution in [0.1, 0.15) is 11.1 Å². The van der Waals surface area contributed by atoms with Gasteiger partial charge >= 0.3 is 0 Å². The first kappa shape index (κ1) is 13.7. The number of aromatic nitrogens is 1. The van der Waals surface area contributed by atoms with Crippen molar-refractivity contribution in [3.63, 3.8) is 0 Å². The number of benzene rings is 1. The summed E-state index contributed by atoms with van der Waals surface area (Å²) < 4.78 is 0. The molecule has 1 aromatic heterocycles. The first-order valence-corrected chi connectivity index (χ1v) is 6.61.